The van der Waals surface area contributed by atoms with Crippen LogP contribution in [-0.2, 0) is 13.2 Å². The Morgan fingerprint density at radius 2 is 1.39 bits per heavy atom. The minimum Gasteiger partial charge on any atom is -0.473 e. The van der Waals surface area contributed by atoms with Crippen molar-refractivity contribution in [1.82, 2.24) is 4.98 Å². The highest BCUT2D eigenvalue weighted by molar-refractivity contribution is 6.31. The third kappa shape index (κ3) is 5.22. The van der Waals surface area contributed by atoms with E-state index in [2.05, 4.69) is 11.1 Å². The van der Waals surface area contributed by atoms with E-state index in [9.17, 15) is 5.26 Å². The maximum Gasteiger partial charge on any atom is 0.225 e. The molecule has 1 heterocycles. The van der Waals surface area contributed by atoms with Crippen LogP contribution in [0.4, 0.5) is 0 Å². The van der Waals surface area contributed by atoms with Crippen LogP contribution in [0, 0.1) is 11.3 Å². The fourth-order valence-corrected chi connectivity index (χ4v) is 3.29. The summed E-state index contributed by atoms with van der Waals surface area (Å²) in [5.41, 5.74) is 3.90. The summed E-state index contributed by atoms with van der Waals surface area (Å²) in [4.78, 5) is 4.59. The van der Waals surface area contributed by atoms with Gasteiger partial charge in [0.1, 0.15) is 13.2 Å². The van der Waals surface area contributed by atoms with Crippen molar-refractivity contribution in [2.24, 2.45) is 0 Å². The Hall–Kier alpha value is -3.81. The van der Waals surface area contributed by atoms with Gasteiger partial charge in [-0.2, -0.15) is 10.2 Å². The van der Waals surface area contributed by atoms with Crippen molar-refractivity contribution in [2.45, 2.75) is 13.2 Å². The quantitative estimate of drug-likeness (QED) is 0.341. The lowest BCUT2D eigenvalue weighted by molar-refractivity contribution is 0.268. The first-order chi connectivity index (χ1) is 15.2. The summed E-state index contributed by atoms with van der Waals surface area (Å²) in [6.45, 7) is 0.733. The molecule has 0 N–H and O–H groups in total. The molecule has 4 nitrogen and oxygen atoms in total. The van der Waals surface area contributed by atoms with Gasteiger partial charge in [0.2, 0.25) is 11.8 Å². The number of aromatic nitrogens is 1. The summed E-state index contributed by atoms with van der Waals surface area (Å²) in [6, 6.07) is 30.7. The van der Waals surface area contributed by atoms with E-state index in [1.54, 1.807) is 24.3 Å². The summed E-state index contributed by atoms with van der Waals surface area (Å²) in [5.74, 6) is 0.824. The Kier molecular flexibility index (Phi) is 6.47. The molecular formula is C26H19ClN2O2. The van der Waals surface area contributed by atoms with E-state index in [4.69, 9.17) is 21.1 Å². The van der Waals surface area contributed by atoms with Gasteiger partial charge >= 0.3 is 0 Å². The van der Waals surface area contributed by atoms with Crippen LogP contribution in [0.15, 0.2) is 91.0 Å². The molecule has 5 heteroatoms. The highest BCUT2D eigenvalue weighted by atomic mass is 35.5. The highest BCUT2D eigenvalue weighted by Crippen LogP contribution is 2.35. The minimum atomic E-state index is 0.339. The van der Waals surface area contributed by atoms with Gasteiger partial charge in [-0.25, -0.2) is 0 Å². The van der Waals surface area contributed by atoms with Crippen molar-refractivity contribution in [1.29, 1.82) is 5.26 Å². The van der Waals surface area contributed by atoms with Gasteiger partial charge in [-0.05, 0) is 35.4 Å². The van der Waals surface area contributed by atoms with Crippen LogP contribution >= 0.6 is 11.6 Å². The zero-order chi connectivity index (χ0) is 21.5. The van der Waals surface area contributed by atoms with Crippen LogP contribution in [0.2, 0.25) is 5.02 Å². The van der Waals surface area contributed by atoms with Crippen LogP contribution in [0.1, 0.15) is 16.7 Å². The number of halogens is 1. The number of pyridine rings is 1. The predicted octanol–water partition coefficient (Wildman–Crippen LogP) is 6.43. The Bertz CT molecular complexity index is 1210. The van der Waals surface area contributed by atoms with Crippen molar-refractivity contribution in [3.63, 3.8) is 0 Å². The van der Waals surface area contributed by atoms with Gasteiger partial charge in [0.15, 0.2) is 0 Å². The number of nitriles is 1. The molecule has 4 rings (SSSR count). The fourth-order valence-electron chi connectivity index (χ4n) is 3.11. The number of nitrogens with zero attached hydrogens (tertiary/aromatic N) is 2. The molecule has 0 saturated carbocycles. The molecule has 1 aromatic heterocycles. The van der Waals surface area contributed by atoms with Crippen molar-refractivity contribution in [2.75, 3.05) is 0 Å². The molecule has 0 fully saturated rings. The van der Waals surface area contributed by atoms with E-state index < -0.39 is 0 Å². The average Bonchev–Trinajstić information content (AvgIpc) is 2.83. The van der Waals surface area contributed by atoms with Crippen LogP contribution < -0.4 is 9.47 Å². The highest BCUT2D eigenvalue weighted by Gasteiger charge is 2.15. The molecule has 0 atom stereocenters. The molecule has 4 aromatic rings. The predicted molar refractivity (Wildman–Crippen MR) is 121 cm³/mol. The van der Waals surface area contributed by atoms with Gasteiger partial charge < -0.3 is 9.47 Å². The van der Waals surface area contributed by atoms with Crippen LogP contribution in [0.3, 0.4) is 0 Å². The second kappa shape index (κ2) is 9.80. The molecule has 0 unspecified atom stereocenters. The van der Waals surface area contributed by atoms with Gasteiger partial charge in [0.25, 0.3) is 0 Å². The summed E-state index contributed by atoms with van der Waals surface area (Å²) in [5, 5.41) is 10.1. The van der Waals surface area contributed by atoms with Crippen molar-refractivity contribution >= 4 is 11.6 Å². The maximum absolute atomic E-state index is 9.56. The van der Waals surface area contributed by atoms with Gasteiger partial charge in [-0.15, -0.1) is 0 Å². The van der Waals surface area contributed by atoms with Crippen LogP contribution in [0.5, 0.6) is 11.8 Å². The van der Waals surface area contributed by atoms with Crippen LogP contribution in [0.25, 0.3) is 11.1 Å². The molecule has 0 aliphatic heterocycles. The average molecular weight is 427 g/mol. The topological polar surface area (TPSA) is 55.1 Å². The van der Waals surface area contributed by atoms with E-state index in [0.717, 1.165) is 11.1 Å². The Morgan fingerprint density at radius 3 is 2.03 bits per heavy atom. The number of ether oxygens (including phenoxy) is 2. The monoisotopic (exact) mass is 426 g/mol. The van der Waals surface area contributed by atoms with E-state index >= 15 is 0 Å². The number of hydrogen-bond acceptors (Lipinski definition) is 4. The van der Waals surface area contributed by atoms with E-state index in [0.29, 0.717) is 46.7 Å². The first-order valence-corrected chi connectivity index (χ1v) is 10.2. The minimum absolute atomic E-state index is 0.339. The lowest BCUT2D eigenvalue weighted by atomic mass is 10.0. The van der Waals surface area contributed by atoms with Crippen molar-refractivity contribution < 1.29 is 9.47 Å². The van der Waals surface area contributed by atoms with E-state index in [1.807, 2.05) is 66.7 Å². The second-order valence-corrected chi connectivity index (χ2v) is 7.29. The smallest absolute Gasteiger partial charge is 0.225 e. The zero-order valence-electron chi connectivity index (χ0n) is 16.7. The van der Waals surface area contributed by atoms with Gasteiger partial charge in [-0.1, -0.05) is 72.3 Å². The SMILES string of the molecule is N#Cc1ccc(Cl)cc1-c1ccc(OCc2ccccc2)nc1OCc1ccccc1. The largest absolute Gasteiger partial charge is 0.473 e. The number of rotatable bonds is 7. The molecule has 31 heavy (non-hydrogen) atoms. The first kappa shape index (κ1) is 20.5. The number of hydrogen-bond donors (Lipinski definition) is 0. The van der Waals surface area contributed by atoms with Crippen LogP contribution in [-0.4, -0.2) is 4.98 Å². The molecule has 0 saturated heterocycles. The van der Waals surface area contributed by atoms with Gasteiger partial charge in [-0.3, -0.25) is 0 Å². The molecule has 0 bridgehead atoms. The van der Waals surface area contributed by atoms with Gasteiger partial charge in [0.05, 0.1) is 11.6 Å². The Balaban J connectivity index is 1.66. The molecule has 0 radical (unpaired) electrons. The lowest BCUT2D eigenvalue weighted by Gasteiger charge is -2.14. The molecule has 3 aromatic carbocycles. The fraction of sp³-hybridized carbons (Fsp3) is 0.0769. The lowest BCUT2D eigenvalue weighted by Crippen LogP contribution is -2.03. The maximum atomic E-state index is 9.56. The summed E-state index contributed by atoms with van der Waals surface area (Å²) in [6.07, 6.45) is 0. The van der Waals surface area contributed by atoms with E-state index in [-0.39, 0.29) is 0 Å². The normalized spacial score (nSPS) is 10.3. The molecule has 0 aliphatic rings. The molecule has 0 amide bonds. The Morgan fingerprint density at radius 1 is 0.742 bits per heavy atom. The second-order valence-electron chi connectivity index (χ2n) is 6.85. The zero-order valence-corrected chi connectivity index (χ0v) is 17.4. The van der Waals surface area contributed by atoms with Crippen molar-refractivity contribution in [3.05, 3.63) is 113 Å². The summed E-state index contributed by atoms with van der Waals surface area (Å²) >= 11 is 6.20. The Labute approximate surface area is 186 Å². The summed E-state index contributed by atoms with van der Waals surface area (Å²) in [7, 11) is 0. The third-order valence-electron chi connectivity index (χ3n) is 4.67. The molecule has 0 aliphatic carbocycles. The van der Waals surface area contributed by atoms with E-state index in [1.165, 1.54) is 0 Å². The van der Waals surface area contributed by atoms with Crippen molar-refractivity contribution in [3.8, 4) is 29.0 Å². The molecule has 152 valence electrons. The summed E-state index contributed by atoms with van der Waals surface area (Å²) < 4.78 is 11.9. The third-order valence-corrected chi connectivity index (χ3v) is 4.91. The standard InChI is InChI=1S/C26H19ClN2O2/c27-22-12-11-21(16-28)24(15-22)23-13-14-25(30-17-19-7-3-1-4-8-19)29-26(23)31-18-20-9-5-2-6-10-20/h1-15H,17-18H2. The molecular weight excluding hydrogens is 408 g/mol. The number of benzene rings is 3. The molecule has 0 spiro atoms. The van der Waals surface area contributed by atoms with Gasteiger partial charge in [0, 0.05) is 22.2 Å². The first-order valence-electron chi connectivity index (χ1n) is 9.77.